The van der Waals surface area contributed by atoms with Crippen molar-refractivity contribution < 1.29 is 18.9 Å². The zero-order chi connectivity index (χ0) is 24.1. The van der Waals surface area contributed by atoms with E-state index in [1.165, 1.54) is 0 Å². The molecule has 1 unspecified atom stereocenters. The topological polar surface area (TPSA) is 52.5 Å². The molecule has 1 aliphatic rings. The molecule has 3 aromatic rings. The number of hydrazone groups is 1. The number of halogens is 1. The average Bonchev–Trinajstić information content (AvgIpc) is 3.30. The summed E-state index contributed by atoms with van der Waals surface area (Å²) in [5, 5.41) is 7.61. The standard InChI is InChI=1S/C27H27ClN2O4/c1-31-24-9-5-7-18(26(24)33-3)11-14-20-17-23(22-8-6-10-25(32-2)27(22)34-4)30(29-20)21-15-12-19(28)13-16-21/h5-16,23H,17H2,1-4H3/b14-11+. The van der Waals surface area contributed by atoms with Crippen LogP contribution in [0.3, 0.4) is 0 Å². The van der Waals surface area contributed by atoms with Crippen molar-refractivity contribution in [1.82, 2.24) is 0 Å². The molecule has 6 nitrogen and oxygen atoms in total. The fourth-order valence-corrected chi connectivity index (χ4v) is 4.24. The Balaban J connectivity index is 1.73. The van der Waals surface area contributed by atoms with Gasteiger partial charge in [0, 0.05) is 22.6 Å². The molecule has 0 saturated carbocycles. The van der Waals surface area contributed by atoms with Gasteiger partial charge in [0.15, 0.2) is 23.0 Å². The molecule has 0 radical (unpaired) electrons. The maximum Gasteiger partial charge on any atom is 0.167 e. The van der Waals surface area contributed by atoms with Gasteiger partial charge >= 0.3 is 0 Å². The minimum absolute atomic E-state index is 0.0851. The van der Waals surface area contributed by atoms with Gasteiger partial charge in [-0.2, -0.15) is 5.10 Å². The van der Waals surface area contributed by atoms with Crippen LogP contribution >= 0.6 is 11.6 Å². The quantitative estimate of drug-likeness (QED) is 0.375. The molecule has 176 valence electrons. The summed E-state index contributed by atoms with van der Waals surface area (Å²) >= 11 is 6.13. The Kier molecular flexibility index (Phi) is 7.28. The molecule has 4 rings (SSSR count). The molecule has 3 aromatic carbocycles. The van der Waals surface area contributed by atoms with E-state index in [0.29, 0.717) is 34.4 Å². The SMILES string of the molecule is COc1cccc(/C=C/C2=NN(c3ccc(Cl)cc3)C(c3cccc(OC)c3OC)C2)c1OC. The Hall–Kier alpha value is -3.64. The molecule has 1 heterocycles. The lowest BCUT2D eigenvalue weighted by Crippen LogP contribution is -2.19. The highest BCUT2D eigenvalue weighted by Crippen LogP contribution is 2.43. The lowest BCUT2D eigenvalue weighted by atomic mass is 9.99. The highest BCUT2D eigenvalue weighted by atomic mass is 35.5. The van der Waals surface area contributed by atoms with E-state index in [-0.39, 0.29) is 6.04 Å². The van der Waals surface area contributed by atoms with Gasteiger partial charge in [-0.15, -0.1) is 0 Å². The second-order valence-corrected chi connectivity index (χ2v) is 8.07. The van der Waals surface area contributed by atoms with Crippen molar-refractivity contribution in [2.24, 2.45) is 5.10 Å². The van der Waals surface area contributed by atoms with Crippen molar-refractivity contribution in [3.05, 3.63) is 82.9 Å². The lowest BCUT2D eigenvalue weighted by Gasteiger charge is -2.26. The number of hydrogen-bond acceptors (Lipinski definition) is 6. The van der Waals surface area contributed by atoms with Crippen molar-refractivity contribution in [2.45, 2.75) is 12.5 Å². The average molecular weight is 479 g/mol. The fourth-order valence-electron chi connectivity index (χ4n) is 4.11. The van der Waals surface area contributed by atoms with Crippen LogP contribution in [0, 0.1) is 0 Å². The molecule has 0 aliphatic carbocycles. The highest BCUT2D eigenvalue weighted by molar-refractivity contribution is 6.30. The van der Waals surface area contributed by atoms with E-state index in [0.717, 1.165) is 22.5 Å². The van der Waals surface area contributed by atoms with Gasteiger partial charge in [-0.3, -0.25) is 5.01 Å². The van der Waals surface area contributed by atoms with Crippen LogP contribution in [-0.4, -0.2) is 34.2 Å². The normalized spacial score (nSPS) is 15.4. The third-order valence-electron chi connectivity index (χ3n) is 5.71. The largest absolute Gasteiger partial charge is 0.493 e. The van der Waals surface area contributed by atoms with Crippen LogP contribution in [0.25, 0.3) is 6.08 Å². The summed E-state index contributed by atoms with van der Waals surface area (Å²) in [4.78, 5) is 0. The summed E-state index contributed by atoms with van der Waals surface area (Å²) in [5.41, 5.74) is 3.74. The molecular formula is C27H27ClN2O4. The van der Waals surface area contributed by atoms with E-state index in [1.807, 2.05) is 77.8 Å². The van der Waals surface area contributed by atoms with Crippen LogP contribution in [0.2, 0.25) is 5.02 Å². The first-order valence-corrected chi connectivity index (χ1v) is 11.2. The summed E-state index contributed by atoms with van der Waals surface area (Å²) in [7, 11) is 6.55. The maximum atomic E-state index is 6.13. The van der Waals surface area contributed by atoms with E-state index in [1.54, 1.807) is 28.4 Å². The highest BCUT2D eigenvalue weighted by Gasteiger charge is 2.31. The Morgan fingerprint density at radius 3 is 2.09 bits per heavy atom. The minimum Gasteiger partial charge on any atom is -0.493 e. The van der Waals surface area contributed by atoms with Gasteiger partial charge in [-0.25, -0.2) is 0 Å². The second kappa shape index (κ2) is 10.5. The van der Waals surface area contributed by atoms with Crippen molar-refractivity contribution >= 4 is 29.1 Å². The van der Waals surface area contributed by atoms with E-state index in [9.17, 15) is 0 Å². The van der Waals surface area contributed by atoms with Gasteiger partial charge in [0.05, 0.1) is 45.9 Å². The first-order chi connectivity index (χ1) is 16.6. The van der Waals surface area contributed by atoms with Crippen molar-refractivity contribution in [3.8, 4) is 23.0 Å². The number of anilines is 1. The van der Waals surface area contributed by atoms with Crippen molar-refractivity contribution in [1.29, 1.82) is 0 Å². The first kappa shape index (κ1) is 23.5. The second-order valence-electron chi connectivity index (χ2n) is 7.63. The number of rotatable bonds is 8. The lowest BCUT2D eigenvalue weighted by molar-refractivity contribution is 0.349. The molecule has 0 N–H and O–H groups in total. The number of ether oxygens (including phenoxy) is 4. The fraction of sp³-hybridized carbons (Fsp3) is 0.222. The van der Waals surface area contributed by atoms with Gasteiger partial charge in [0.2, 0.25) is 0 Å². The van der Waals surface area contributed by atoms with Crippen LogP contribution in [0.5, 0.6) is 23.0 Å². The van der Waals surface area contributed by atoms with Gasteiger partial charge in [0.1, 0.15) is 0 Å². The Morgan fingerprint density at radius 1 is 0.794 bits per heavy atom. The Bertz CT molecular complexity index is 1210. The van der Waals surface area contributed by atoms with Crippen LogP contribution in [0.4, 0.5) is 5.69 Å². The number of methoxy groups -OCH3 is 4. The minimum atomic E-state index is -0.0851. The summed E-state index contributed by atoms with van der Waals surface area (Å²) < 4.78 is 22.2. The molecule has 0 amide bonds. The van der Waals surface area contributed by atoms with Crippen LogP contribution in [0.15, 0.2) is 71.8 Å². The maximum absolute atomic E-state index is 6.13. The molecule has 0 aromatic heterocycles. The summed E-state index contributed by atoms with van der Waals surface area (Å²) in [6.07, 6.45) is 4.67. The zero-order valence-electron chi connectivity index (χ0n) is 19.6. The molecule has 0 saturated heterocycles. The number of nitrogens with zero attached hydrogens (tertiary/aromatic N) is 2. The Labute approximate surface area is 205 Å². The molecule has 1 aliphatic heterocycles. The predicted molar refractivity (Wildman–Crippen MR) is 137 cm³/mol. The van der Waals surface area contributed by atoms with Crippen LogP contribution in [0.1, 0.15) is 23.6 Å². The molecule has 0 spiro atoms. The zero-order valence-corrected chi connectivity index (χ0v) is 20.4. The summed E-state index contributed by atoms with van der Waals surface area (Å²) in [6.45, 7) is 0. The van der Waals surface area contributed by atoms with Gasteiger partial charge in [-0.1, -0.05) is 35.9 Å². The molecule has 0 bridgehead atoms. The predicted octanol–water partition coefficient (Wildman–Crippen LogP) is 6.40. The van der Waals surface area contributed by atoms with Gasteiger partial charge in [-0.05, 0) is 48.6 Å². The van der Waals surface area contributed by atoms with Crippen LogP contribution < -0.4 is 24.0 Å². The molecule has 1 atom stereocenters. The van der Waals surface area contributed by atoms with Crippen molar-refractivity contribution in [2.75, 3.05) is 33.4 Å². The van der Waals surface area contributed by atoms with E-state index in [2.05, 4.69) is 0 Å². The van der Waals surface area contributed by atoms with E-state index >= 15 is 0 Å². The third-order valence-corrected chi connectivity index (χ3v) is 5.96. The first-order valence-electron chi connectivity index (χ1n) is 10.8. The third kappa shape index (κ3) is 4.68. The van der Waals surface area contributed by atoms with Crippen molar-refractivity contribution in [3.63, 3.8) is 0 Å². The summed E-state index contributed by atoms with van der Waals surface area (Å²) in [5.74, 6) is 2.74. The molecular weight excluding hydrogens is 452 g/mol. The molecule has 7 heteroatoms. The molecule has 0 fully saturated rings. The summed E-state index contributed by atoms with van der Waals surface area (Å²) in [6, 6.07) is 19.2. The molecule has 34 heavy (non-hydrogen) atoms. The number of allylic oxidation sites excluding steroid dienone is 1. The van der Waals surface area contributed by atoms with E-state index in [4.69, 9.17) is 35.6 Å². The Morgan fingerprint density at radius 2 is 1.44 bits per heavy atom. The van der Waals surface area contributed by atoms with Gasteiger partial charge in [0.25, 0.3) is 0 Å². The van der Waals surface area contributed by atoms with E-state index < -0.39 is 0 Å². The number of para-hydroxylation sites is 2. The van der Waals surface area contributed by atoms with Gasteiger partial charge < -0.3 is 18.9 Å². The number of benzene rings is 3. The monoisotopic (exact) mass is 478 g/mol. The smallest absolute Gasteiger partial charge is 0.167 e. The van der Waals surface area contributed by atoms with Crippen LogP contribution in [-0.2, 0) is 0 Å². The number of hydrogen-bond donors (Lipinski definition) is 0.